The van der Waals surface area contributed by atoms with Crippen molar-refractivity contribution >= 4 is 22.2 Å². The highest BCUT2D eigenvalue weighted by molar-refractivity contribution is 5.89. The standard InChI is InChI=1S/C18H12F3N3/c19-18(20,21)12-5-3-11(4-6-12)17-16-2-1-9-24(16)15-8-7-13(22)10-14(15)23-17/h1-10H,22H2. The summed E-state index contributed by atoms with van der Waals surface area (Å²) in [5.41, 5.74) is 9.37. The van der Waals surface area contributed by atoms with E-state index in [1.807, 2.05) is 28.8 Å². The maximum atomic E-state index is 12.7. The van der Waals surface area contributed by atoms with Crippen LogP contribution in [0.2, 0.25) is 0 Å². The van der Waals surface area contributed by atoms with Gasteiger partial charge in [-0.2, -0.15) is 13.2 Å². The number of fused-ring (bicyclic) bond motifs is 3. The third kappa shape index (κ3) is 2.27. The second-order valence-electron chi connectivity index (χ2n) is 5.55. The van der Waals surface area contributed by atoms with Gasteiger partial charge in [-0.25, -0.2) is 4.98 Å². The summed E-state index contributed by atoms with van der Waals surface area (Å²) >= 11 is 0. The van der Waals surface area contributed by atoms with Crippen LogP contribution in [0.1, 0.15) is 5.56 Å². The minimum Gasteiger partial charge on any atom is -0.399 e. The van der Waals surface area contributed by atoms with Gasteiger partial charge in [0.2, 0.25) is 0 Å². The fourth-order valence-electron chi connectivity index (χ4n) is 2.82. The van der Waals surface area contributed by atoms with E-state index >= 15 is 0 Å². The monoisotopic (exact) mass is 327 g/mol. The topological polar surface area (TPSA) is 43.3 Å². The highest BCUT2D eigenvalue weighted by Gasteiger charge is 2.30. The molecule has 24 heavy (non-hydrogen) atoms. The minimum absolute atomic E-state index is 0.583. The van der Waals surface area contributed by atoms with E-state index in [2.05, 4.69) is 4.98 Å². The van der Waals surface area contributed by atoms with Crippen molar-refractivity contribution in [1.82, 2.24) is 9.38 Å². The van der Waals surface area contributed by atoms with Crippen molar-refractivity contribution in [3.63, 3.8) is 0 Å². The number of nitrogens with zero attached hydrogens (tertiary/aromatic N) is 2. The van der Waals surface area contributed by atoms with E-state index in [0.29, 0.717) is 22.5 Å². The highest BCUT2D eigenvalue weighted by Crippen LogP contribution is 2.32. The zero-order valence-corrected chi connectivity index (χ0v) is 12.4. The zero-order valence-electron chi connectivity index (χ0n) is 12.4. The Morgan fingerprint density at radius 1 is 0.917 bits per heavy atom. The van der Waals surface area contributed by atoms with Crippen LogP contribution in [0.5, 0.6) is 0 Å². The van der Waals surface area contributed by atoms with Gasteiger partial charge in [0.05, 0.1) is 27.8 Å². The Labute approximate surface area is 135 Å². The lowest BCUT2D eigenvalue weighted by atomic mass is 10.1. The van der Waals surface area contributed by atoms with Gasteiger partial charge in [0, 0.05) is 17.4 Å². The average molecular weight is 327 g/mol. The van der Waals surface area contributed by atoms with Crippen LogP contribution in [-0.2, 0) is 6.18 Å². The molecule has 0 unspecified atom stereocenters. The van der Waals surface area contributed by atoms with Gasteiger partial charge in [0.1, 0.15) is 0 Å². The van der Waals surface area contributed by atoms with Gasteiger partial charge >= 0.3 is 6.18 Å². The summed E-state index contributed by atoms with van der Waals surface area (Å²) in [4.78, 5) is 4.62. The Balaban J connectivity index is 1.96. The average Bonchev–Trinajstić information content (AvgIpc) is 3.03. The molecule has 0 spiro atoms. The Morgan fingerprint density at radius 2 is 1.67 bits per heavy atom. The number of alkyl halides is 3. The third-order valence-electron chi connectivity index (χ3n) is 3.97. The lowest BCUT2D eigenvalue weighted by Crippen LogP contribution is -2.04. The lowest BCUT2D eigenvalue weighted by Gasteiger charge is -2.11. The Morgan fingerprint density at radius 3 is 2.38 bits per heavy atom. The number of nitrogen functional groups attached to an aromatic ring is 1. The van der Waals surface area contributed by atoms with E-state index in [1.165, 1.54) is 12.1 Å². The molecule has 0 saturated heterocycles. The number of anilines is 1. The van der Waals surface area contributed by atoms with Crippen LogP contribution < -0.4 is 5.73 Å². The lowest BCUT2D eigenvalue weighted by molar-refractivity contribution is -0.137. The van der Waals surface area contributed by atoms with Gasteiger partial charge in [0.25, 0.3) is 0 Å². The number of benzene rings is 2. The molecule has 0 amide bonds. The van der Waals surface area contributed by atoms with Crippen molar-refractivity contribution in [1.29, 1.82) is 0 Å². The van der Waals surface area contributed by atoms with E-state index < -0.39 is 11.7 Å². The number of halogens is 3. The normalized spacial score (nSPS) is 12.1. The van der Waals surface area contributed by atoms with Crippen LogP contribution >= 0.6 is 0 Å². The number of aromatic nitrogens is 2. The fraction of sp³-hybridized carbons (Fsp3) is 0.0556. The molecule has 0 radical (unpaired) electrons. The number of nitrogens with two attached hydrogens (primary N) is 1. The van der Waals surface area contributed by atoms with E-state index in [0.717, 1.165) is 23.2 Å². The smallest absolute Gasteiger partial charge is 0.399 e. The van der Waals surface area contributed by atoms with Crippen LogP contribution in [0.3, 0.4) is 0 Å². The van der Waals surface area contributed by atoms with E-state index in [-0.39, 0.29) is 0 Å². The van der Waals surface area contributed by atoms with Crippen molar-refractivity contribution < 1.29 is 13.2 Å². The second kappa shape index (κ2) is 4.99. The molecule has 2 aromatic carbocycles. The maximum absolute atomic E-state index is 12.7. The van der Waals surface area contributed by atoms with Crippen LogP contribution in [0.15, 0.2) is 60.8 Å². The first kappa shape index (κ1) is 14.6. The van der Waals surface area contributed by atoms with Crippen LogP contribution in [0.25, 0.3) is 27.8 Å². The van der Waals surface area contributed by atoms with Gasteiger partial charge in [0.15, 0.2) is 0 Å². The SMILES string of the molecule is Nc1ccc2c(c1)nc(-c1ccc(C(F)(F)F)cc1)c1cccn12. The Bertz CT molecular complexity index is 1050. The molecule has 2 heterocycles. The molecule has 3 nitrogen and oxygen atoms in total. The molecule has 4 aromatic rings. The summed E-state index contributed by atoms with van der Waals surface area (Å²) in [6, 6.07) is 14.2. The van der Waals surface area contributed by atoms with Gasteiger partial charge in [-0.15, -0.1) is 0 Å². The van der Waals surface area contributed by atoms with Crippen molar-refractivity contribution in [3.05, 3.63) is 66.4 Å². The third-order valence-corrected chi connectivity index (χ3v) is 3.97. The molecule has 0 aliphatic heterocycles. The van der Waals surface area contributed by atoms with Crippen LogP contribution in [-0.4, -0.2) is 9.38 Å². The fourth-order valence-corrected chi connectivity index (χ4v) is 2.82. The van der Waals surface area contributed by atoms with Gasteiger partial charge in [-0.1, -0.05) is 12.1 Å². The summed E-state index contributed by atoms with van der Waals surface area (Å²) in [6.45, 7) is 0. The van der Waals surface area contributed by atoms with Crippen molar-refractivity contribution in [2.75, 3.05) is 5.73 Å². The van der Waals surface area contributed by atoms with E-state index in [4.69, 9.17) is 5.73 Å². The number of hydrogen-bond donors (Lipinski definition) is 1. The molecule has 0 aliphatic carbocycles. The maximum Gasteiger partial charge on any atom is 0.416 e. The van der Waals surface area contributed by atoms with Crippen molar-refractivity contribution in [2.24, 2.45) is 0 Å². The highest BCUT2D eigenvalue weighted by atomic mass is 19.4. The number of rotatable bonds is 1. The van der Waals surface area contributed by atoms with Crippen molar-refractivity contribution in [2.45, 2.75) is 6.18 Å². The van der Waals surface area contributed by atoms with Crippen molar-refractivity contribution in [3.8, 4) is 11.3 Å². The van der Waals surface area contributed by atoms with Gasteiger partial charge in [-0.3, -0.25) is 0 Å². The first-order valence-corrected chi connectivity index (χ1v) is 7.27. The van der Waals surface area contributed by atoms with E-state index in [9.17, 15) is 13.2 Å². The van der Waals surface area contributed by atoms with Gasteiger partial charge < -0.3 is 10.1 Å². The Hall–Kier alpha value is -3.02. The molecule has 0 atom stereocenters. The first-order chi connectivity index (χ1) is 11.4. The molecule has 0 fully saturated rings. The molecule has 0 aliphatic rings. The van der Waals surface area contributed by atoms with Crippen LogP contribution in [0.4, 0.5) is 18.9 Å². The van der Waals surface area contributed by atoms with Gasteiger partial charge in [-0.05, 0) is 42.5 Å². The predicted molar refractivity (Wildman–Crippen MR) is 87.5 cm³/mol. The predicted octanol–water partition coefficient (Wildman–Crippen LogP) is 4.76. The second-order valence-corrected chi connectivity index (χ2v) is 5.55. The van der Waals surface area contributed by atoms with E-state index in [1.54, 1.807) is 12.1 Å². The minimum atomic E-state index is -4.35. The molecule has 4 rings (SSSR count). The summed E-state index contributed by atoms with van der Waals surface area (Å²) in [5.74, 6) is 0. The quantitative estimate of drug-likeness (QED) is 0.512. The number of hydrogen-bond acceptors (Lipinski definition) is 2. The summed E-state index contributed by atoms with van der Waals surface area (Å²) in [5, 5.41) is 0. The molecule has 2 N–H and O–H groups in total. The molecular weight excluding hydrogens is 315 g/mol. The van der Waals surface area contributed by atoms with Crippen LogP contribution in [0, 0.1) is 0 Å². The summed E-state index contributed by atoms with van der Waals surface area (Å²) in [7, 11) is 0. The largest absolute Gasteiger partial charge is 0.416 e. The first-order valence-electron chi connectivity index (χ1n) is 7.27. The summed E-state index contributed by atoms with van der Waals surface area (Å²) < 4.78 is 40.2. The zero-order chi connectivity index (χ0) is 16.9. The molecule has 2 aromatic heterocycles. The molecule has 120 valence electrons. The molecule has 6 heteroatoms. The molecule has 0 bridgehead atoms. The molecule has 0 saturated carbocycles. The Kier molecular flexibility index (Phi) is 3.03. The molecular formula is C18H12F3N3. The summed E-state index contributed by atoms with van der Waals surface area (Å²) in [6.07, 6.45) is -2.46.